The largest absolute Gasteiger partial charge is 0.478 e. The first-order valence-corrected chi connectivity index (χ1v) is 8.80. The number of carbonyl (C=O) groups is 2. The van der Waals surface area contributed by atoms with Crippen molar-refractivity contribution in [3.05, 3.63) is 40.1 Å². The van der Waals surface area contributed by atoms with Crippen LogP contribution < -0.4 is 10.1 Å². The Morgan fingerprint density at radius 3 is 3.12 bits per heavy atom. The molecule has 0 fully saturated rings. The third-order valence-electron chi connectivity index (χ3n) is 3.71. The van der Waals surface area contributed by atoms with E-state index in [0.717, 1.165) is 23.3 Å². The zero-order valence-corrected chi connectivity index (χ0v) is 14.3. The standard InChI is InChI=1S/C17H19N3O3S/c1-2-23-16-7-3-6-14(19-16)18-15(21)11-20-9-4-5-13-12(17(20)22)8-10-24-13/h3,6-8,10H,2,4-5,9,11H2,1H3,(H,18,19,21). The molecule has 0 saturated heterocycles. The number of anilines is 1. The topological polar surface area (TPSA) is 71.5 Å². The van der Waals surface area contributed by atoms with Gasteiger partial charge in [0.25, 0.3) is 5.91 Å². The second-order valence-corrected chi connectivity index (χ2v) is 6.43. The van der Waals surface area contributed by atoms with Gasteiger partial charge in [-0.3, -0.25) is 9.59 Å². The van der Waals surface area contributed by atoms with Crippen LogP contribution in [0.15, 0.2) is 29.6 Å². The minimum Gasteiger partial charge on any atom is -0.478 e. The molecule has 0 unspecified atom stereocenters. The van der Waals surface area contributed by atoms with Gasteiger partial charge in [-0.25, -0.2) is 0 Å². The Kier molecular flexibility index (Phi) is 5.10. The first kappa shape index (κ1) is 16.4. The molecule has 0 saturated carbocycles. The molecule has 0 bridgehead atoms. The normalized spacial score (nSPS) is 14.0. The van der Waals surface area contributed by atoms with Crippen LogP contribution in [-0.2, 0) is 11.2 Å². The van der Waals surface area contributed by atoms with Gasteiger partial charge in [0.05, 0.1) is 12.2 Å². The number of hydrogen-bond acceptors (Lipinski definition) is 5. The number of hydrogen-bond donors (Lipinski definition) is 1. The van der Waals surface area contributed by atoms with Crippen LogP contribution in [0.5, 0.6) is 5.88 Å². The number of aromatic nitrogens is 1. The van der Waals surface area contributed by atoms with Gasteiger partial charge in [-0.1, -0.05) is 6.07 Å². The van der Waals surface area contributed by atoms with E-state index in [9.17, 15) is 9.59 Å². The number of pyridine rings is 1. The monoisotopic (exact) mass is 345 g/mol. The zero-order chi connectivity index (χ0) is 16.9. The van der Waals surface area contributed by atoms with Crippen molar-refractivity contribution in [2.24, 2.45) is 0 Å². The van der Waals surface area contributed by atoms with E-state index in [2.05, 4.69) is 10.3 Å². The number of amides is 2. The molecule has 1 N–H and O–H groups in total. The zero-order valence-electron chi connectivity index (χ0n) is 13.4. The van der Waals surface area contributed by atoms with Crippen molar-refractivity contribution in [2.45, 2.75) is 19.8 Å². The molecule has 7 heteroatoms. The predicted octanol–water partition coefficient (Wildman–Crippen LogP) is 2.57. The number of nitrogens with zero attached hydrogens (tertiary/aromatic N) is 2. The maximum atomic E-state index is 12.5. The summed E-state index contributed by atoms with van der Waals surface area (Å²) in [6.07, 6.45) is 1.75. The van der Waals surface area contributed by atoms with E-state index < -0.39 is 0 Å². The molecule has 126 valence electrons. The smallest absolute Gasteiger partial charge is 0.255 e. The Labute approximate surface area is 144 Å². The van der Waals surface area contributed by atoms with E-state index in [0.29, 0.717) is 24.8 Å². The van der Waals surface area contributed by atoms with E-state index in [1.807, 2.05) is 18.4 Å². The molecule has 2 amide bonds. The summed E-state index contributed by atoms with van der Waals surface area (Å²) in [5, 5.41) is 4.65. The Bertz CT molecular complexity index is 744. The van der Waals surface area contributed by atoms with Crippen LogP contribution in [-0.4, -0.2) is 41.4 Å². The fraction of sp³-hybridized carbons (Fsp3) is 0.353. The lowest BCUT2D eigenvalue weighted by Gasteiger charge is -2.19. The second-order valence-electron chi connectivity index (χ2n) is 5.43. The number of carbonyl (C=O) groups excluding carboxylic acids is 2. The SMILES string of the molecule is CCOc1cccc(NC(=O)CN2CCCc3sccc3C2=O)n1. The Morgan fingerprint density at radius 2 is 2.29 bits per heavy atom. The van der Waals surface area contributed by atoms with Crippen molar-refractivity contribution in [3.8, 4) is 5.88 Å². The van der Waals surface area contributed by atoms with Gasteiger partial charge >= 0.3 is 0 Å². The summed E-state index contributed by atoms with van der Waals surface area (Å²) in [4.78, 5) is 31.7. The van der Waals surface area contributed by atoms with Crippen LogP contribution in [0.4, 0.5) is 5.82 Å². The molecule has 3 rings (SSSR count). The molecule has 1 aliphatic rings. The van der Waals surface area contributed by atoms with Crippen LogP contribution in [0.2, 0.25) is 0 Å². The number of fused-ring (bicyclic) bond motifs is 1. The van der Waals surface area contributed by atoms with Gasteiger partial charge in [-0.05, 0) is 37.3 Å². The molecular formula is C17H19N3O3S. The molecular weight excluding hydrogens is 326 g/mol. The van der Waals surface area contributed by atoms with E-state index in [4.69, 9.17) is 4.74 Å². The van der Waals surface area contributed by atoms with Gasteiger partial charge in [0, 0.05) is 17.5 Å². The molecule has 2 aromatic heterocycles. The average Bonchev–Trinajstić information content (AvgIpc) is 2.97. The van der Waals surface area contributed by atoms with Crippen LogP contribution in [0.25, 0.3) is 0 Å². The summed E-state index contributed by atoms with van der Waals surface area (Å²) >= 11 is 1.60. The highest BCUT2D eigenvalue weighted by molar-refractivity contribution is 7.10. The quantitative estimate of drug-likeness (QED) is 0.904. The van der Waals surface area contributed by atoms with Crippen LogP contribution in [0.1, 0.15) is 28.6 Å². The molecule has 0 atom stereocenters. The van der Waals surface area contributed by atoms with Crippen molar-refractivity contribution < 1.29 is 14.3 Å². The predicted molar refractivity (Wildman–Crippen MR) is 92.6 cm³/mol. The highest BCUT2D eigenvalue weighted by Gasteiger charge is 2.24. The van der Waals surface area contributed by atoms with E-state index >= 15 is 0 Å². The molecule has 0 aromatic carbocycles. The minimum absolute atomic E-state index is 0.0225. The maximum absolute atomic E-state index is 12.5. The van der Waals surface area contributed by atoms with Crippen molar-refractivity contribution in [2.75, 3.05) is 25.0 Å². The molecule has 0 spiro atoms. The van der Waals surface area contributed by atoms with Gasteiger partial charge in [0.15, 0.2) is 0 Å². The fourth-order valence-electron chi connectivity index (χ4n) is 2.65. The molecule has 1 aliphatic heterocycles. The lowest BCUT2D eigenvalue weighted by molar-refractivity contribution is -0.116. The fourth-order valence-corrected chi connectivity index (χ4v) is 3.56. The van der Waals surface area contributed by atoms with Crippen molar-refractivity contribution in [1.82, 2.24) is 9.88 Å². The van der Waals surface area contributed by atoms with Crippen LogP contribution >= 0.6 is 11.3 Å². The minimum atomic E-state index is -0.261. The van der Waals surface area contributed by atoms with Gasteiger partial charge in [0.1, 0.15) is 12.4 Å². The van der Waals surface area contributed by atoms with E-state index in [1.165, 1.54) is 0 Å². The third-order valence-corrected chi connectivity index (χ3v) is 4.69. The molecule has 24 heavy (non-hydrogen) atoms. The number of thiophene rings is 1. The summed E-state index contributed by atoms with van der Waals surface area (Å²) in [6.45, 7) is 2.99. The van der Waals surface area contributed by atoms with Crippen molar-refractivity contribution in [1.29, 1.82) is 0 Å². The van der Waals surface area contributed by atoms with Gasteiger partial charge in [0.2, 0.25) is 11.8 Å². The Balaban J connectivity index is 1.64. The van der Waals surface area contributed by atoms with E-state index in [1.54, 1.807) is 34.4 Å². The maximum Gasteiger partial charge on any atom is 0.255 e. The van der Waals surface area contributed by atoms with E-state index in [-0.39, 0.29) is 18.4 Å². The highest BCUT2D eigenvalue weighted by atomic mass is 32.1. The van der Waals surface area contributed by atoms with Gasteiger partial charge in [-0.15, -0.1) is 11.3 Å². The lowest BCUT2D eigenvalue weighted by Crippen LogP contribution is -2.38. The summed E-state index contributed by atoms with van der Waals surface area (Å²) in [7, 11) is 0. The van der Waals surface area contributed by atoms with Gasteiger partial charge < -0.3 is 15.0 Å². The molecule has 6 nitrogen and oxygen atoms in total. The summed E-state index contributed by atoms with van der Waals surface area (Å²) < 4.78 is 5.32. The van der Waals surface area contributed by atoms with Crippen LogP contribution in [0.3, 0.4) is 0 Å². The summed E-state index contributed by atoms with van der Waals surface area (Å²) in [5.74, 6) is 0.548. The number of nitrogens with one attached hydrogen (secondary N) is 1. The highest BCUT2D eigenvalue weighted by Crippen LogP contribution is 2.23. The van der Waals surface area contributed by atoms with Gasteiger partial charge in [-0.2, -0.15) is 4.98 Å². The molecule has 3 heterocycles. The number of rotatable bonds is 5. The third kappa shape index (κ3) is 3.73. The number of aryl methyl sites for hydroxylation is 1. The summed E-state index contributed by atoms with van der Waals surface area (Å²) in [6, 6.07) is 7.03. The number of ether oxygens (including phenoxy) is 1. The van der Waals surface area contributed by atoms with Crippen molar-refractivity contribution in [3.63, 3.8) is 0 Å². The molecule has 2 aromatic rings. The summed E-state index contributed by atoms with van der Waals surface area (Å²) in [5.41, 5.74) is 0.724. The van der Waals surface area contributed by atoms with Crippen LogP contribution in [0, 0.1) is 0 Å². The Morgan fingerprint density at radius 1 is 1.42 bits per heavy atom. The lowest BCUT2D eigenvalue weighted by atomic mass is 10.2. The average molecular weight is 345 g/mol. The van der Waals surface area contributed by atoms with Crippen molar-refractivity contribution >= 4 is 29.0 Å². The Hall–Kier alpha value is -2.41. The molecule has 0 radical (unpaired) electrons. The second kappa shape index (κ2) is 7.44. The first-order chi connectivity index (χ1) is 11.7. The molecule has 0 aliphatic carbocycles. The first-order valence-electron chi connectivity index (χ1n) is 7.92.